The van der Waals surface area contributed by atoms with Gasteiger partial charge in [0.15, 0.2) is 5.65 Å². The molecular formula is C14H19ClN6. The predicted molar refractivity (Wildman–Crippen MR) is 82.4 cm³/mol. The van der Waals surface area contributed by atoms with Crippen LogP contribution >= 0.6 is 11.6 Å². The van der Waals surface area contributed by atoms with Gasteiger partial charge >= 0.3 is 0 Å². The second kappa shape index (κ2) is 5.52. The first-order valence-corrected chi connectivity index (χ1v) is 7.62. The first-order chi connectivity index (χ1) is 10.1. The second-order valence-electron chi connectivity index (χ2n) is 5.26. The van der Waals surface area contributed by atoms with Gasteiger partial charge in [0.25, 0.3) is 0 Å². The van der Waals surface area contributed by atoms with Crippen molar-refractivity contribution >= 4 is 22.8 Å². The van der Waals surface area contributed by atoms with Gasteiger partial charge < -0.3 is 4.57 Å². The summed E-state index contributed by atoms with van der Waals surface area (Å²) >= 11 is 6.08. The molecule has 112 valence electrons. The van der Waals surface area contributed by atoms with Gasteiger partial charge in [0, 0.05) is 25.9 Å². The van der Waals surface area contributed by atoms with Crippen LogP contribution in [0.3, 0.4) is 0 Å². The molecule has 3 aromatic rings. The lowest BCUT2D eigenvalue weighted by molar-refractivity contribution is 0.692. The van der Waals surface area contributed by atoms with E-state index in [0.29, 0.717) is 12.4 Å². The zero-order chi connectivity index (χ0) is 15.0. The Kier molecular flexibility index (Phi) is 3.71. The highest BCUT2D eigenvalue weighted by Gasteiger charge is 2.18. The van der Waals surface area contributed by atoms with Crippen molar-refractivity contribution in [1.82, 2.24) is 29.1 Å². The summed E-state index contributed by atoms with van der Waals surface area (Å²) in [7, 11) is 3.87. The van der Waals surface area contributed by atoms with E-state index >= 15 is 0 Å². The molecule has 3 heterocycles. The molecule has 0 saturated carbocycles. The van der Waals surface area contributed by atoms with Crippen LogP contribution in [0, 0.1) is 0 Å². The molecule has 7 heteroatoms. The van der Waals surface area contributed by atoms with Crippen LogP contribution in [0.2, 0.25) is 0 Å². The first kappa shape index (κ1) is 14.1. The van der Waals surface area contributed by atoms with Crippen LogP contribution in [0.15, 0.2) is 12.4 Å². The van der Waals surface area contributed by atoms with E-state index in [0.717, 1.165) is 41.1 Å². The summed E-state index contributed by atoms with van der Waals surface area (Å²) < 4.78 is 5.83. The minimum atomic E-state index is 0.389. The first-order valence-electron chi connectivity index (χ1n) is 7.08. The van der Waals surface area contributed by atoms with Crippen LogP contribution in [0.1, 0.15) is 30.4 Å². The number of alkyl halides is 1. The molecule has 0 amide bonds. The molecule has 0 spiro atoms. The van der Waals surface area contributed by atoms with E-state index < -0.39 is 0 Å². The highest BCUT2D eigenvalue weighted by molar-refractivity contribution is 6.16. The van der Waals surface area contributed by atoms with E-state index in [1.807, 2.05) is 31.2 Å². The van der Waals surface area contributed by atoms with Crippen molar-refractivity contribution < 1.29 is 0 Å². The molecule has 0 N–H and O–H groups in total. The Balaban J connectivity index is 2.11. The summed E-state index contributed by atoms with van der Waals surface area (Å²) in [6.07, 6.45) is 5.86. The van der Waals surface area contributed by atoms with Gasteiger partial charge in [-0.05, 0) is 6.42 Å². The van der Waals surface area contributed by atoms with Gasteiger partial charge in [0.1, 0.15) is 11.3 Å². The molecule has 3 aromatic heterocycles. The number of hydrogen-bond donors (Lipinski definition) is 0. The fraction of sp³-hybridized carbons (Fsp3) is 0.500. The van der Waals surface area contributed by atoms with Crippen LogP contribution in [0.5, 0.6) is 0 Å². The van der Waals surface area contributed by atoms with Gasteiger partial charge in [-0.15, -0.1) is 11.6 Å². The van der Waals surface area contributed by atoms with Crippen molar-refractivity contribution in [2.75, 3.05) is 0 Å². The smallest absolute Gasteiger partial charge is 0.159 e. The van der Waals surface area contributed by atoms with Gasteiger partial charge in [-0.1, -0.05) is 13.3 Å². The molecule has 0 atom stereocenters. The summed E-state index contributed by atoms with van der Waals surface area (Å²) in [5.41, 5.74) is 4.17. The topological polar surface area (TPSA) is 53.5 Å². The van der Waals surface area contributed by atoms with Crippen LogP contribution in [0.25, 0.3) is 11.2 Å². The molecular weight excluding hydrogens is 288 g/mol. The fourth-order valence-corrected chi connectivity index (χ4v) is 2.90. The normalized spacial score (nSPS) is 11.6. The highest BCUT2D eigenvalue weighted by Crippen LogP contribution is 2.22. The van der Waals surface area contributed by atoms with Gasteiger partial charge in [-0.2, -0.15) is 10.2 Å². The largest absolute Gasteiger partial charge is 0.307 e. The van der Waals surface area contributed by atoms with E-state index in [4.69, 9.17) is 16.6 Å². The zero-order valence-corrected chi connectivity index (χ0v) is 13.3. The minimum absolute atomic E-state index is 0.389. The van der Waals surface area contributed by atoms with E-state index in [9.17, 15) is 0 Å². The Morgan fingerprint density at radius 1 is 1.29 bits per heavy atom. The number of halogens is 1. The molecule has 0 saturated heterocycles. The minimum Gasteiger partial charge on any atom is -0.307 e. The summed E-state index contributed by atoms with van der Waals surface area (Å²) in [5.74, 6) is 1.27. The monoisotopic (exact) mass is 306 g/mol. The summed E-state index contributed by atoms with van der Waals surface area (Å²) in [4.78, 5) is 4.69. The lowest BCUT2D eigenvalue weighted by Gasteiger charge is -2.06. The van der Waals surface area contributed by atoms with Gasteiger partial charge in [0.2, 0.25) is 0 Å². The van der Waals surface area contributed by atoms with Gasteiger partial charge in [0.05, 0.1) is 24.3 Å². The number of nitrogens with zero attached hydrogens (tertiary/aromatic N) is 6. The highest BCUT2D eigenvalue weighted by atomic mass is 35.5. The molecule has 0 radical (unpaired) electrons. The zero-order valence-electron chi connectivity index (χ0n) is 12.5. The Labute approximate surface area is 128 Å². The quantitative estimate of drug-likeness (QED) is 0.679. The Morgan fingerprint density at radius 3 is 2.71 bits per heavy atom. The molecule has 6 nitrogen and oxygen atoms in total. The molecule has 0 fully saturated rings. The van der Waals surface area contributed by atoms with Crippen LogP contribution in [-0.2, 0) is 32.9 Å². The lowest BCUT2D eigenvalue weighted by Crippen LogP contribution is -2.07. The standard InChI is InChI=1S/C14H19ClN6/c1-4-5-11-13-14(20(3)18-11)21(12(6-15)17-13)9-10-7-16-19(2)8-10/h7-8H,4-6,9H2,1-3H3. The van der Waals surface area contributed by atoms with Crippen molar-refractivity contribution in [2.24, 2.45) is 14.1 Å². The number of aromatic nitrogens is 6. The third-order valence-corrected chi connectivity index (χ3v) is 3.81. The van der Waals surface area contributed by atoms with Crippen molar-refractivity contribution in [3.63, 3.8) is 0 Å². The van der Waals surface area contributed by atoms with E-state index in [-0.39, 0.29) is 0 Å². The van der Waals surface area contributed by atoms with Crippen molar-refractivity contribution in [3.8, 4) is 0 Å². The summed E-state index contributed by atoms with van der Waals surface area (Å²) in [6.45, 7) is 2.85. The van der Waals surface area contributed by atoms with Crippen molar-refractivity contribution in [2.45, 2.75) is 32.2 Å². The molecule has 3 rings (SSSR count). The Hall–Kier alpha value is -1.82. The third-order valence-electron chi connectivity index (χ3n) is 3.58. The maximum absolute atomic E-state index is 6.08. The Morgan fingerprint density at radius 2 is 2.10 bits per heavy atom. The molecule has 0 aliphatic carbocycles. The number of hydrogen-bond acceptors (Lipinski definition) is 3. The van der Waals surface area contributed by atoms with E-state index in [2.05, 4.69) is 21.7 Å². The van der Waals surface area contributed by atoms with Crippen LogP contribution < -0.4 is 0 Å². The molecule has 0 aromatic carbocycles. The van der Waals surface area contributed by atoms with Crippen molar-refractivity contribution in [1.29, 1.82) is 0 Å². The van der Waals surface area contributed by atoms with Gasteiger partial charge in [-0.3, -0.25) is 9.36 Å². The maximum Gasteiger partial charge on any atom is 0.159 e. The molecule has 0 bridgehead atoms. The summed E-state index contributed by atoms with van der Waals surface area (Å²) in [6, 6.07) is 0. The maximum atomic E-state index is 6.08. The fourth-order valence-electron chi connectivity index (χ4n) is 2.70. The number of imidazole rings is 1. The molecule has 21 heavy (non-hydrogen) atoms. The average molecular weight is 307 g/mol. The molecule has 0 unspecified atom stereocenters. The third kappa shape index (κ3) is 2.44. The predicted octanol–water partition coefficient (Wildman–Crippen LogP) is 2.24. The average Bonchev–Trinajstić information content (AvgIpc) is 3.09. The van der Waals surface area contributed by atoms with Crippen molar-refractivity contribution in [3.05, 3.63) is 29.5 Å². The van der Waals surface area contributed by atoms with E-state index in [1.54, 1.807) is 4.68 Å². The van der Waals surface area contributed by atoms with Crippen LogP contribution in [-0.4, -0.2) is 29.1 Å². The second-order valence-corrected chi connectivity index (χ2v) is 5.53. The van der Waals surface area contributed by atoms with Crippen LogP contribution in [0.4, 0.5) is 0 Å². The number of aryl methyl sites for hydroxylation is 3. The number of rotatable bonds is 5. The van der Waals surface area contributed by atoms with Gasteiger partial charge in [-0.25, -0.2) is 4.98 Å². The molecule has 0 aliphatic heterocycles. The Bertz CT molecular complexity index is 766. The SMILES string of the molecule is CCCc1nn(C)c2c1nc(CCl)n2Cc1cnn(C)c1. The van der Waals surface area contributed by atoms with E-state index in [1.165, 1.54) is 0 Å². The number of fused-ring (bicyclic) bond motifs is 1. The lowest BCUT2D eigenvalue weighted by atomic mass is 10.2. The summed E-state index contributed by atoms with van der Waals surface area (Å²) in [5, 5.41) is 8.81. The molecule has 0 aliphatic rings.